The summed E-state index contributed by atoms with van der Waals surface area (Å²) in [6.45, 7) is 4.92. The summed E-state index contributed by atoms with van der Waals surface area (Å²) in [4.78, 5) is 37.0. The maximum atomic E-state index is 12.6. The van der Waals surface area contributed by atoms with E-state index in [0.29, 0.717) is 30.9 Å². The van der Waals surface area contributed by atoms with E-state index >= 15 is 0 Å². The number of anilines is 1. The Hall–Kier alpha value is -2.83. The van der Waals surface area contributed by atoms with Crippen LogP contribution in [0.2, 0.25) is 0 Å². The third-order valence-corrected chi connectivity index (χ3v) is 4.36. The Bertz CT molecular complexity index is 671. The molecule has 0 radical (unpaired) electrons. The largest absolute Gasteiger partial charge is 0.449 e. The molecule has 0 aromatic heterocycles. The van der Waals surface area contributed by atoms with Gasteiger partial charge in [-0.15, -0.1) is 0 Å². The molecule has 126 valence electrons. The molecule has 0 saturated carbocycles. The highest BCUT2D eigenvalue weighted by molar-refractivity contribution is 5.99. The lowest BCUT2D eigenvalue weighted by Gasteiger charge is -2.40. The van der Waals surface area contributed by atoms with Crippen molar-refractivity contribution in [1.82, 2.24) is 10.2 Å². The quantitative estimate of drug-likeness (QED) is 0.820. The molecule has 0 unspecified atom stereocenters. The predicted molar refractivity (Wildman–Crippen MR) is 87.6 cm³/mol. The first-order valence-electron chi connectivity index (χ1n) is 7.83. The Morgan fingerprint density at radius 2 is 2.08 bits per heavy atom. The number of hydrogen-bond donors (Lipinski definition) is 2. The first kappa shape index (κ1) is 16.0. The molecule has 0 bridgehead atoms. The summed E-state index contributed by atoms with van der Waals surface area (Å²) >= 11 is 0. The molecular formula is C17H19N3O4. The van der Waals surface area contributed by atoms with Crippen LogP contribution in [0.4, 0.5) is 10.5 Å². The molecule has 2 N–H and O–H groups in total. The zero-order valence-corrected chi connectivity index (χ0v) is 13.2. The van der Waals surface area contributed by atoms with E-state index in [4.69, 9.17) is 4.74 Å². The number of hydrogen-bond acceptors (Lipinski definition) is 4. The lowest BCUT2D eigenvalue weighted by molar-refractivity contribution is -0.111. The molecule has 2 aliphatic rings. The lowest BCUT2D eigenvalue weighted by Crippen LogP contribution is -2.58. The topological polar surface area (TPSA) is 87.7 Å². The molecule has 2 fully saturated rings. The first-order chi connectivity index (χ1) is 11.6. The molecule has 2 saturated heterocycles. The van der Waals surface area contributed by atoms with Crippen LogP contribution in [-0.2, 0) is 9.53 Å². The number of alkyl carbamates (subject to hydrolysis) is 1. The minimum absolute atomic E-state index is 0.0601. The minimum Gasteiger partial charge on any atom is -0.449 e. The van der Waals surface area contributed by atoms with Gasteiger partial charge in [0.15, 0.2) is 0 Å². The van der Waals surface area contributed by atoms with Crippen molar-refractivity contribution in [3.8, 4) is 0 Å². The molecule has 0 aliphatic carbocycles. The van der Waals surface area contributed by atoms with Crippen molar-refractivity contribution in [2.45, 2.75) is 12.5 Å². The fourth-order valence-corrected chi connectivity index (χ4v) is 3.00. The number of fused-ring (bicyclic) bond motifs is 1. The third kappa shape index (κ3) is 3.40. The SMILES string of the molecule is C=CC(=O)Nc1ccc(C(=O)N2CC[C@@H]3COC(=O)N[C@H]3C2)cc1. The summed E-state index contributed by atoms with van der Waals surface area (Å²) in [5.41, 5.74) is 1.15. The number of amides is 3. The van der Waals surface area contributed by atoms with Gasteiger partial charge in [0.25, 0.3) is 5.91 Å². The zero-order chi connectivity index (χ0) is 17.1. The molecular weight excluding hydrogens is 310 g/mol. The fraction of sp³-hybridized carbons (Fsp3) is 0.353. The highest BCUT2D eigenvalue weighted by Crippen LogP contribution is 2.23. The van der Waals surface area contributed by atoms with Crippen LogP contribution in [0.1, 0.15) is 16.8 Å². The molecule has 1 aromatic carbocycles. The number of ether oxygens (including phenoxy) is 1. The lowest BCUT2D eigenvalue weighted by atomic mass is 9.91. The zero-order valence-electron chi connectivity index (χ0n) is 13.2. The number of carbonyl (C=O) groups is 3. The Balaban J connectivity index is 1.64. The standard InChI is InChI=1S/C17H19N3O4/c1-2-15(21)18-13-5-3-11(4-6-13)16(22)20-8-7-12-10-24-17(23)19-14(12)9-20/h2-6,12,14H,1,7-10H2,(H,18,21)(H,19,23)/t12-,14+/m1/s1. The van der Waals surface area contributed by atoms with E-state index in [2.05, 4.69) is 17.2 Å². The molecule has 2 aliphatic heterocycles. The van der Waals surface area contributed by atoms with Crippen molar-refractivity contribution in [2.75, 3.05) is 25.0 Å². The molecule has 7 heteroatoms. The normalized spacial score (nSPS) is 22.7. The summed E-state index contributed by atoms with van der Waals surface area (Å²) in [6.07, 6.45) is 1.56. The Labute approximate surface area is 139 Å². The smallest absolute Gasteiger partial charge is 0.407 e. The number of cyclic esters (lactones) is 1. The molecule has 2 heterocycles. The van der Waals surface area contributed by atoms with Crippen LogP contribution in [0, 0.1) is 5.92 Å². The maximum Gasteiger partial charge on any atom is 0.407 e. The van der Waals surface area contributed by atoms with Crippen molar-refractivity contribution < 1.29 is 19.1 Å². The highest BCUT2D eigenvalue weighted by atomic mass is 16.6. The van der Waals surface area contributed by atoms with Crippen LogP contribution in [0.15, 0.2) is 36.9 Å². The molecule has 0 spiro atoms. The fourth-order valence-electron chi connectivity index (χ4n) is 3.00. The number of rotatable bonds is 3. The van der Waals surface area contributed by atoms with E-state index in [9.17, 15) is 14.4 Å². The number of piperidine rings is 1. The number of nitrogens with zero attached hydrogens (tertiary/aromatic N) is 1. The second-order valence-corrected chi connectivity index (χ2v) is 5.92. The van der Waals surface area contributed by atoms with E-state index in [0.717, 1.165) is 6.42 Å². The van der Waals surface area contributed by atoms with Gasteiger partial charge >= 0.3 is 6.09 Å². The van der Waals surface area contributed by atoms with E-state index < -0.39 is 6.09 Å². The van der Waals surface area contributed by atoms with E-state index in [1.165, 1.54) is 6.08 Å². The van der Waals surface area contributed by atoms with Gasteiger partial charge in [-0.1, -0.05) is 6.58 Å². The molecule has 7 nitrogen and oxygen atoms in total. The van der Waals surface area contributed by atoms with Crippen LogP contribution in [0.5, 0.6) is 0 Å². The van der Waals surface area contributed by atoms with Gasteiger partial charge in [0.2, 0.25) is 5.91 Å². The summed E-state index contributed by atoms with van der Waals surface area (Å²) in [7, 11) is 0. The van der Waals surface area contributed by atoms with Gasteiger partial charge in [0, 0.05) is 30.3 Å². The summed E-state index contributed by atoms with van der Waals surface area (Å²) in [5, 5.41) is 5.42. The molecule has 24 heavy (non-hydrogen) atoms. The second-order valence-electron chi connectivity index (χ2n) is 5.92. The highest BCUT2D eigenvalue weighted by Gasteiger charge is 2.36. The Morgan fingerprint density at radius 3 is 2.79 bits per heavy atom. The summed E-state index contributed by atoms with van der Waals surface area (Å²) in [5.74, 6) is -0.134. The average molecular weight is 329 g/mol. The van der Waals surface area contributed by atoms with Crippen LogP contribution >= 0.6 is 0 Å². The van der Waals surface area contributed by atoms with Gasteiger partial charge < -0.3 is 20.3 Å². The van der Waals surface area contributed by atoms with Gasteiger partial charge in [0.1, 0.15) is 0 Å². The van der Waals surface area contributed by atoms with Crippen molar-refractivity contribution in [2.24, 2.45) is 5.92 Å². The first-order valence-corrected chi connectivity index (χ1v) is 7.83. The predicted octanol–water partition coefficient (Wildman–Crippen LogP) is 1.38. The van der Waals surface area contributed by atoms with Crippen molar-refractivity contribution in [1.29, 1.82) is 0 Å². The second kappa shape index (κ2) is 6.74. The number of carbonyl (C=O) groups excluding carboxylic acids is 3. The van der Waals surface area contributed by atoms with E-state index in [1.54, 1.807) is 29.2 Å². The molecule has 3 rings (SSSR count). The minimum atomic E-state index is -0.423. The molecule has 2 atom stereocenters. The van der Waals surface area contributed by atoms with Gasteiger partial charge in [-0.3, -0.25) is 9.59 Å². The number of likely N-dealkylation sites (tertiary alicyclic amines) is 1. The third-order valence-electron chi connectivity index (χ3n) is 4.36. The van der Waals surface area contributed by atoms with Gasteiger partial charge in [-0.2, -0.15) is 0 Å². The average Bonchev–Trinajstić information content (AvgIpc) is 2.61. The van der Waals surface area contributed by atoms with Gasteiger partial charge in [-0.25, -0.2) is 4.79 Å². The van der Waals surface area contributed by atoms with Crippen molar-refractivity contribution in [3.63, 3.8) is 0 Å². The monoisotopic (exact) mass is 329 g/mol. The van der Waals surface area contributed by atoms with Crippen LogP contribution in [0.25, 0.3) is 0 Å². The van der Waals surface area contributed by atoms with Crippen LogP contribution < -0.4 is 10.6 Å². The Morgan fingerprint density at radius 1 is 1.33 bits per heavy atom. The summed E-state index contributed by atoms with van der Waals surface area (Å²) in [6, 6.07) is 6.65. The van der Waals surface area contributed by atoms with E-state index in [-0.39, 0.29) is 23.8 Å². The van der Waals surface area contributed by atoms with Crippen molar-refractivity contribution >= 4 is 23.6 Å². The molecule has 1 aromatic rings. The molecule has 3 amide bonds. The number of benzene rings is 1. The van der Waals surface area contributed by atoms with Crippen LogP contribution in [0.3, 0.4) is 0 Å². The van der Waals surface area contributed by atoms with Gasteiger partial charge in [-0.05, 0) is 36.8 Å². The summed E-state index contributed by atoms with van der Waals surface area (Å²) < 4.78 is 4.99. The Kier molecular flexibility index (Phi) is 4.50. The maximum absolute atomic E-state index is 12.6. The van der Waals surface area contributed by atoms with E-state index in [1.807, 2.05) is 0 Å². The van der Waals surface area contributed by atoms with Crippen molar-refractivity contribution in [3.05, 3.63) is 42.5 Å². The van der Waals surface area contributed by atoms with Crippen LogP contribution in [-0.4, -0.2) is 48.5 Å². The number of nitrogens with one attached hydrogen (secondary N) is 2. The van der Waals surface area contributed by atoms with Gasteiger partial charge in [0.05, 0.1) is 12.6 Å².